The minimum Gasteiger partial charge on any atom is -0.303 e. The van der Waals surface area contributed by atoms with Crippen molar-refractivity contribution in [3.8, 4) is 0 Å². The summed E-state index contributed by atoms with van der Waals surface area (Å²) in [7, 11) is 0. The first-order valence-corrected chi connectivity index (χ1v) is 5.11. The van der Waals surface area contributed by atoms with Gasteiger partial charge in [-0.15, -0.1) is 0 Å². The largest absolute Gasteiger partial charge is 0.303 e. The van der Waals surface area contributed by atoms with Crippen molar-refractivity contribution in [3.63, 3.8) is 0 Å². The quantitative estimate of drug-likeness (QED) is 0.688. The number of halogens is 2. The summed E-state index contributed by atoms with van der Waals surface area (Å²) < 4.78 is 24.9. The Morgan fingerprint density at radius 2 is 1.67 bits per heavy atom. The summed E-state index contributed by atoms with van der Waals surface area (Å²) in [6.07, 6.45) is 0.572. The van der Waals surface area contributed by atoms with Gasteiger partial charge >= 0.3 is 0 Å². The number of benzene rings is 1. The highest BCUT2D eigenvalue weighted by Crippen LogP contribution is 2.08. The van der Waals surface area contributed by atoms with Crippen LogP contribution in [0.4, 0.5) is 8.78 Å². The van der Waals surface area contributed by atoms with Crippen molar-refractivity contribution < 1.29 is 13.6 Å². The highest BCUT2D eigenvalue weighted by molar-refractivity contribution is 5.54. The smallest absolute Gasteiger partial charge is 0.129 e. The lowest BCUT2D eigenvalue weighted by Gasteiger charge is -1.96. The summed E-state index contributed by atoms with van der Waals surface area (Å²) in [4.78, 5) is 9.95. The number of hydrogen-bond acceptors (Lipinski definition) is 1. The number of aldehydes is 1. The van der Waals surface area contributed by atoms with Gasteiger partial charge in [0.15, 0.2) is 0 Å². The van der Waals surface area contributed by atoms with Crippen molar-refractivity contribution in [2.45, 2.75) is 34.1 Å². The Bertz CT molecular complexity index is 272. The maximum absolute atomic E-state index is 12.6. The van der Waals surface area contributed by atoms with E-state index in [0.29, 0.717) is 6.29 Å². The van der Waals surface area contributed by atoms with Crippen molar-refractivity contribution in [2.24, 2.45) is 0 Å². The Labute approximate surface area is 90.1 Å². The number of carbonyl (C=O) groups excluding carboxylic acids is 1. The molecule has 0 aliphatic rings. The van der Waals surface area contributed by atoms with Crippen LogP contribution in [0.5, 0.6) is 0 Å². The third kappa shape index (κ3) is 6.77. The van der Waals surface area contributed by atoms with Crippen LogP contribution in [0.1, 0.15) is 33.3 Å². The van der Waals surface area contributed by atoms with Crippen molar-refractivity contribution >= 4 is 6.29 Å². The van der Waals surface area contributed by atoms with Gasteiger partial charge in [-0.2, -0.15) is 0 Å². The van der Waals surface area contributed by atoms with Crippen LogP contribution in [0.15, 0.2) is 18.2 Å². The van der Waals surface area contributed by atoms with Crippen LogP contribution < -0.4 is 0 Å². The molecule has 1 aromatic carbocycles. The molecule has 0 aliphatic heterocycles. The van der Waals surface area contributed by atoms with E-state index < -0.39 is 11.6 Å². The lowest BCUT2D eigenvalue weighted by atomic mass is 10.1. The van der Waals surface area contributed by atoms with Gasteiger partial charge in [-0.1, -0.05) is 33.8 Å². The molecule has 0 aromatic heterocycles. The average Bonchev–Trinajstić information content (AvgIpc) is 2.28. The maximum Gasteiger partial charge on any atom is 0.129 e. The molecule has 0 unspecified atom stereocenters. The first-order valence-electron chi connectivity index (χ1n) is 5.11. The molecule has 0 amide bonds. The topological polar surface area (TPSA) is 17.1 Å². The van der Waals surface area contributed by atoms with E-state index >= 15 is 0 Å². The van der Waals surface area contributed by atoms with Crippen LogP contribution in [-0.4, -0.2) is 6.29 Å². The van der Waals surface area contributed by atoms with E-state index in [9.17, 15) is 13.6 Å². The zero-order valence-electron chi connectivity index (χ0n) is 9.68. The van der Waals surface area contributed by atoms with E-state index in [2.05, 4.69) is 0 Å². The molecule has 86 valence electrons. The predicted molar refractivity (Wildman–Crippen MR) is 58.8 cm³/mol. The molecular weight excluding hydrogens is 198 g/mol. The summed E-state index contributed by atoms with van der Waals surface area (Å²) in [5, 5.41) is 0. The molecule has 1 rings (SSSR count). The maximum atomic E-state index is 12.6. The average molecular weight is 216 g/mol. The van der Waals surface area contributed by atoms with Crippen molar-refractivity contribution in [1.29, 1.82) is 0 Å². The first kappa shape index (κ1) is 16.2. The molecule has 15 heavy (non-hydrogen) atoms. The van der Waals surface area contributed by atoms with Gasteiger partial charge < -0.3 is 4.79 Å². The van der Waals surface area contributed by atoms with Gasteiger partial charge in [0.25, 0.3) is 0 Å². The number of carbonyl (C=O) groups is 1. The fourth-order valence-corrected chi connectivity index (χ4v) is 0.777. The summed E-state index contributed by atoms with van der Waals surface area (Å²) in [5.41, 5.74) is 0.224. The van der Waals surface area contributed by atoms with Crippen LogP contribution in [0, 0.1) is 11.6 Å². The SMILES string of the molecule is CC.CC.O=CCc1ccc(F)cc1F. The summed E-state index contributed by atoms with van der Waals surface area (Å²) >= 11 is 0. The molecule has 0 aliphatic carbocycles. The zero-order valence-corrected chi connectivity index (χ0v) is 9.68. The summed E-state index contributed by atoms with van der Waals surface area (Å²) in [6, 6.07) is 3.15. The Kier molecular flexibility index (Phi) is 11.7. The molecule has 0 heterocycles. The van der Waals surface area contributed by atoms with E-state index in [4.69, 9.17) is 0 Å². The Balaban J connectivity index is 0. The normalized spacial score (nSPS) is 7.87. The molecular formula is C12H18F2O. The molecule has 1 nitrogen and oxygen atoms in total. The highest BCUT2D eigenvalue weighted by atomic mass is 19.1. The molecule has 0 spiro atoms. The van der Waals surface area contributed by atoms with Gasteiger partial charge in [-0.05, 0) is 11.6 Å². The number of hydrogen-bond donors (Lipinski definition) is 0. The first-order chi connectivity index (χ1) is 7.24. The van der Waals surface area contributed by atoms with Gasteiger partial charge in [0.05, 0.1) is 0 Å². The van der Waals surface area contributed by atoms with E-state index in [-0.39, 0.29) is 12.0 Å². The minimum atomic E-state index is -0.669. The molecule has 0 radical (unpaired) electrons. The molecule has 0 bridgehead atoms. The third-order valence-electron chi connectivity index (χ3n) is 1.32. The third-order valence-corrected chi connectivity index (χ3v) is 1.32. The molecule has 3 heteroatoms. The van der Waals surface area contributed by atoms with Crippen LogP contribution in [-0.2, 0) is 11.2 Å². The van der Waals surface area contributed by atoms with Gasteiger partial charge in [0.1, 0.15) is 17.9 Å². The molecule has 0 fully saturated rings. The standard InChI is InChI=1S/C8H6F2O.2C2H6/c9-7-2-1-6(3-4-11)8(10)5-7;2*1-2/h1-2,4-5H,3H2;2*1-2H3. The second-order valence-electron chi connectivity index (χ2n) is 2.11. The monoisotopic (exact) mass is 216 g/mol. The van der Waals surface area contributed by atoms with Crippen LogP contribution in [0.2, 0.25) is 0 Å². The fraction of sp³-hybridized carbons (Fsp3) is 0.417. The molecule has 0 saturated carbocycles. The minimum absolute atomic E-state index is 0.00782. The van der Waals surface area contributed by atoms with Gasteiger partial charge in [-0.25, -0.2) is 8.78 Å². The van der Waals surface area contributed by atoms with E-state index in [1.165, 1.54) is 6.07 Å². The van der Waals surface area contributed by atoms with Crippen LogP contribution in [0.3, 0.4) is 0 Å². The Morgan fingerprint density at radius 1 is 1.13 bits per heavy atom. The van der Waals surface area contributed by atoms with Gasteiger partial charge in [0.2, 0.25) is 0 Å². The van der Waals surface area contributed by atoms with E-state index in [1.54, 1.807) is 0 Å². The van der Waals surface area contributed by atoms with Crippen molar-refractivity contribution in [2.75, 3.05) is 0 Å². The summed E-state index contributed by atoms with van der Waals surface area (Å²) in [6.45, 7) is 8.00. The molecule has 0 atom stereocenters. The molecule has 0 N–H and O–H groups in total. The Hall–Kier alpha value is -1.25. The van der Waals surface area contributed by atoms with Crippen LogP contribution in [0.25, 0.3) is 0 Å². The fourth-order valence-electron chi connectivity index (χ4n) is 0.777. The van der Waals surface area contributed by atoms with Crippen molar-refractivity contribution in [3.05, 3.63) is 35.4 Å². The predicted octanol–water partition coefficient (Wildman–Crippen LogP) is 3.76. The lowest BCUT2D eigenvalue weighted by Crippen LogP contribution is -1.91. The molecule has 0 saturated heterocycles. The van der Waals surface area contributed by atoms with Crippen molar-refractivity contribution in [1.82, 2.24) is 0 Å². The number of rotatable bonds is 2. The van der Waals surface area contributed by atoms with Crippen LogP contribution >= 0.6 is 0 Å². The summed E-state index contributed by atoms with van der Waals surface area (Å²) in [5.74, 6) is -1.30. The Morgan fingerprint density at radius 3 is 2.07 bits per heavy atom. The second-order valence-corrected chi connectivity index (χ2v) is 2.11. The van der Waals surface area contributed by atoms with E-state index in [1.807, 2.05) is 27.7 Å². The molecule has 1 aromatic rings. The zero-order chi connectivity index (χ0) is 12.3. The second kappa shape index (κ2) is 10.8. The van der Waals surface area contributed by atoms with E-state index in [0.717, 1.165) is 12.1 Å². The highest BCUT2D eigenvalue weighted by Gasteiger charge is 2.01. The lowest BCUT2D eigenvalue weighted by molar-refractivity contribution is -0.107. The van der Waals surface area contributed by atoms with Gasteiger partial charge in [0, 0.05) is 12.5 Å². The van der Waals surface area contributed by atoms with Gasteiger partial charge in [-0.3, -0.25) is 0 Å².